The molecular weight excluding hydrogens is 480 g/mol. The Labute approximate surface area is 204 Å². The van der Waals surface area contributed by atoms with Gasteiger partial charge in [-0.25, -0.2) is 17.6 Å². The summed E-state index contributed by atoms with van der Waals surface area (Å²) in [6.07, 6.45) is -1.49. The van der Waals surface area contributed by atoms with Crippen molar-refractivity contribution in [2.75, 3.05) is 18.4 Å². The van der Waals surface area contributed by atoms with Crippen LogP contribution in [0.2, 0.25) is 0 Å². The second-order valence-electron chi connectivity index (χ2n) is 9.02. The Morgan fingerprint density at radius 3 is 2.42 bits per heavy atom. The monoisotopic (exact) mass is 506 g/mol. The summed E-state index contributed by atoms with van der Waals surface area (Å²) >= 11 is 0. The zero-order chi connectivity index (χ0) is 26.2. The normalized spacial score (nSPS) is 17.3. The maximum Gasteiger partial charge on any atom is 0.266 e. The summed E-state index contributed by atoms with van der Waals surface area (Å²) in [5.41, 5.74) is -1.69. The van der Waals surface area contributed by atoms with Crippen LogP contribution in [0, 0.1) is 11.6 Å². The van der Waals surface area contributed by atoms with Crippen LogP contribution in [0.5, 0.6) is 0 Å². The molecule has 0 radical (unpaired) electrons. The molecule has 1 fully saturated rings. The fourth-order valence-electron chi connectivity index (χ4n) is 4.45. The van der Waals surface area contributed by atoms with E-state index in [0.29, 0.717) is 5.52 Å². The molecule has 3 aromatic rings. The average molecular weight is 507 g/mol. The van der Waals surface area contributed by atoms with Gasteiger partial charge in [0.1, 0.15) is 17.5 Å². The number of halogens is 4. The van der Waals surface area contributed by atoms with Crippen LogP contribution in [0.15, 0.2) is 36.7 Å². The van der Waals surface area contributed by atoms with E-state index < -0.39 is 47.3 Å². The van der Waals surface area contributed by atoms with Crippen LogP contribution in [0.25, 0.3) is 10.9 Å². The highest BCUT2D eigenvalue weighted by molar-refractivity contribution is 5.91. The van der Waals surface area contributed by atoms with Crippen LogP contribution in [-0.4, -0.2) is 50.2 Å². The summed E-state index contributed by atoms with van der Waals surface area (Å²) in [5.74, 6) is -2.25. The van der Waals surface area contributed by atoms with Gasteiger partial charge < -0.3 is 20.4 Å². The molecule has 1 aliphatic heterocycles. The maximum absolute atomic E-state index is 14.9. The Bertz CT molecular complexity index is 1280. The topological polar surface area (TPSA) is 98.6 Å². The molecule has 0 saturated carbocycles. The predicted molar refractivity (Wildman–Crippen MR) is 124 cm³/mol. The highest BCUT2D eigenvalue weighted by Gasteiger charge is 2.37. The Kier molecular flexibility index (Phi) is 7.14. The summed E-state index contributed by atoms with van der Waals surface area (Å²) in [4.78, 5) is 21.8. The van der Waals surface area contributed by atoms with Crippen molar-refractivity contribution in [3.05, 3.63) is 65.1 Å². The Morgan fingerprint density at radius 1 is 1.11 bits per heavy atom. The highest BCUT2D eigenvalue weighted by atomic mass is 19.3. The van der Waals surface area contributed by atoms with E-state index in [1.54, 1.807) is 0 Å². The number of pyridine rings is 2. The number of likely N-dealkylation sites (tertiary alicyclic amines) is 1. The van der Waals surface area contributed by atoms with Gasteiger partial charge >= 0.3 is 0 Å². The summed E-state index contributed by atoms with van der Waals surface area (Å²) in [7, 11) is 0. The molecule has 2 atom stereocenters. The largest absolute Gasteiger partial charge is 0.384 e. The van der Waals surface area contributed by atoms with Gasteiger partial charge in [-0.1, -0.05) is 18.2 Å². The SMILES string of the molecule is C[C@H](O)C(=O)N1CCC(O)(c2cc3c(N[C@H](C)c4cccc(C(F)F)c4F)c(F)cnc3cn2)CC1. The van der Waals surface area contributed by atoms with Crippen molar-refractivity contribution in [3.8, 4) is 0 Å². The number of rotatable bonds is 6. The number of amides is 1. The first kappa shape index (κ1) is 25.8. The molecule has 7 nitrogen and oxygen atoms in total. The number of hydrogen-bond acceptors (Lipinski definition) is 6. The second-order valence-corrected chi connectivity index (χ2v) is 9.02. The van der Waals surface area contributed by atoms with Crippen LogP contribution in [0.4, 0.5) is 23.2 Å². The molecule has 0 bridgehead atoms. The smallest absolute Gasteiger partial charge is 0.266 e. The molecule has 1 saturated heterocycles. The minimum absolute atomic E-state index is 0.0386. The molecule has 1 aromatic carbocycles. The van der Waals surface area contributed by atoms with E-state index in [1.165, 1.54) is 43.1 Å². The van der Waals surface area contributed by atoms with Gasteiger partial charge in [0.05, 0.1) is 40.9 Å². The predicted octanol–water partition coefficient (Wildman–Crippen LogP) is 4.21. The molecule has 192 valence electrons. The Hall–Kier alpha value is -3.31. The van der Waals surface area contributed by atoms with E-state index in [0.717, 1.165) is 12.3 Å². The van der Waals surface area contributed by atoms with Gasteiger partial charge in [-0.15, -0.1) is 0 Å². The quantitative estimate of drug-likeness (QED) is 0.434. The van der Waals surface area contributed by atoms with Gasteiger partial charge in [0.15, 0.2) is 5.82 Å². The van der Waals surface area contributed by atoms with Gasteiger partial charge in [0, 0.05) is 24.0 Å². The Morgan fingerprint density at radius 2 is 1.78 bits per heavy atom. The van der Waals surface area contributed by atoms with Crippen molar-refractivity contribution < 1.29 is 32.6 Å². The number of nitrogens with zero attached hydrogens (tertiary/aromatic N) is 3. The molecule has 1 aliphatic rings. The van der Waals surface area contributed by atoms with Crippen molar-refractivity contribution in [2.45, 2.75) is 50.9 Å². The van der Waals surface area contributed by atoms with Crippen molar-refractivity contribution in [1.82, 2.24) is 14.9 Å². The molecular formula is C25H26F4N4O3. The molecule has 0 spiro atoms. The van der Waals surface area contributed by atoms with Gasteiger partial charge in [-0.3, -0.25) is 14.8 Å². The zero-order valence-electron chi connectivity index (χ0n) is 19.7. The third-order valence-corrected chi connectivity index (χ3v) is 6.57. The average Bonchev–Trinajstić information content (AvgIpc) is 2.85. The van der Waals surface area contributed by atoms with E-state index in [2.05, 4.69) is 15.3 Å². The van der Waals surface area contributed by atoms with E-state index in [4.69, 9.17) is 0 Å². The lowest BCUT2D eigenvalue weighted by Gasteiger charge is -2.38. The van der Waals surface area contributed by atoms with Gasteiger partial charge in [-0.2, -0.15) is 0 Å². The molecule has 2 aromatic heterocycles. The number of aliphatic hydroxyl groups excluding tert-OH is 1. The molecule has 3 heterocycles. The van der Waals surface area contributed by atoms with Crippen molar-refractivity contribution in [2.24, 2.45) is 0 Å². The van der Waals surface area contributed by atoms with Crippen LogP contribution in [0.1, 0.15) is 56.0 Å². The number of alkyl halides is 2. The molecule has 3 N–H and O–H groups in total. The first-order valence-corrected chi connectivity index (χ1v) is 11.5. The minimum atomic E-state index is -2.99. The number of nitrogens with one attached hydrogen (secondary N) is 1. The van der Waals surface area contributed by atoms with E-state index in [9.17, 15) is 32.6 Å². The van der Waals surface area contributed by atoms with Crippen molar-refractivity contribution >= 4 is 22.5 Å². The van der Waals surface area contributed by atoms with E-state index in [-0.39, 0.29) is 48.3 Å². The number of aliphatic hydroxyl groups is 2. The van der Waals surface area contributed by atoms with Crippen molar-refractivity contribution in [1.29, 1.82) is 0 Å². The molecule has 0 unspecified atom stereocenters. The number of carbonyl (C=O) groups is 1. The fraction of sp³-hybridized carbons (Fsp3) is 0.400. The molecule has 4 rings (SSSR count). The number of anilines is 1. The second kappa shape index (κ2) is 9.98. The maximum atomic E-state index is 14.9. The van der Waals surface area contributed by atoms with E-state index >= 15 is 0 Å². The molecule has 0 aliphatic carbocycles. The lowest BCUT2D eigenvalue weighted by Crippen LogP contribution is -2.48. The zero-order valence-corrected chi connectivity index (χ0v) is 19.7. The van der Waals surface area contributed by atoms with Gasteiger partial charge in [-0.05, 0) is 32.8 Å². The lowest BCUT2D eigenvalue weighted by atomic mass is 9.87. The molecule has 36 heavy (non-hydrogen) atoms. The van der Waals surface area contributed by atoms with E-state index in [1.807, 2.05) is 0 Å². The Balaban J connectivity index is 1.66. The number of piperidine rings is 1. The summed E-state index contributed by atoms with van der Waals surface area (Å²) in [6.45, 7) is 3.29. The lowest BCUT2D eigenvalue weighted by molar-refractivity contribution is -0.143. The number of hydrogen-bond donors (Lipinski definition) is 3. The first-order chi connectivity index (χ1) is 17.0. The number of fused-ring (bicyclic) bond motifs is 1. The number of aromatic nitrogens is 2. The van der Waals surface area contributed by atoms with Crippen LogP contribution < -0.4 is 5.32 Å². The van der Waals surface area contributed by atoms with Crippen LogP contribution >= 0.6 is 0 Å². The van der Waals surface area contributed by atoms with Crippen molar-refractivity contribution in [3.63, 3.8) is 0 Å². The standard InChI is InChI=1S/C25H26F4N4O3/c1-13(15-4-3-5-16(21(15)27)23(28)29)32-22-17-10-20(31-12-19(17)30-11-18(22)26)25(36)6-8-33(9-7-25)24(35)14(2)34/h3-5,10-14,23,34,36H,6-9H2,1-2H3,(H,30,32)/t13-,14+/m1/s1. The van der Waals surface area contributed by atoms with Gasteiger partial charge in [0.2, 0.25) is 0 Å². The highest BCUT2D eigenvalue weighted by Crippen LogP contribution is 2.36. The van der Waals surface area contributed by atoms with Crippen LogP contribution in [0.3, 0.4) is 0 Å². The third kappa shape index (κ3) is 4.85. The van der Waals surface area contributed by atoms with Gasteiger partial charge in [0.25, 0.3) is 12.3 Å². The summed E-state index contributed by atoms with van der Waals surface area (Å²) in [5, 5.41) is 23.9. The third-order valence-electron chi connectivity index (χ3n) is 6.57. The summed E-state index contributed by atoms with van der Waals surface area (Å²) < 4.78 is 55.9. The molecule has 11 heteroatoms. The molecule has 1 amide bonds. The minimum Gasteiger partial charge on any atom is -0.384 e. The van der Waals surface area contributed by atoms with Crippen LogP contribution in [-0.2, 0) is 10.4 Å². The number of carbonyl (C=O) groups excluding carboxylic acids is 1. The number of benzene rings is 1. The summed E-state index contributed by atoms with van der Waals surface area (Å²) in [6, 6.07) is 4.26. The fourth-order valence-corrected chi connectivity index (χ4v) is 4.45. The first-order valence-electron chi connectivity index (χ1n) is 11.5.